The van der Waals surface area contributed by atoms with Crippen molar-refractivity contribution in [3.63, 3.8) is 0 Å². The summed E-state index contributed by atoms with van der Waals surface area (Å²) in [5, 5.41) is 12.8. The maximum Gasteiger partial charge on any atom is 0.306 e. The SMILES string of the molecule is COc1cc(CNC2CCC(C(=O)O)CC2)c(-c2ccccc2)cc1OC. The Hall–Kier alpha value is -2.53. The molecule has 5 nitrogen and oxygen atoms in total. The van der Waals surface area contributed by atoms with Gasteiger partial charge in [0.1, 0.15) is 0 Å². The highest BCUT2D eigenvalue weighted by molar-refractivity contribution is 5.71. The Morgan fingerprint density at radius 3 is 2.26 bits per heavy atom. The Morgan fingerprint density at radius 2 is 1.67 bits per heavy atom. The summed E-state index contributed by atoms with van der Waals surface area (Å²) in [4.78, 5) is 11.1. The molecule has 0 amide bonds. The minimum atomic E-state index is -0.667. The van der Waals surface area contributed by atoms with Crippen LogP contribution in [-0.4, -0.2) is 31.3 Å². The van der Waals surface area contributed by atoms with Gasteiger partial charge in [0, 0.05) is 12.6 Å². The van der Waals surface area contributed by atoms with E-state index in [9.17, 15) is 4.79 Å². The third-order valence-corrected chi connectivity index (χ3v) is 5.35. The standard InChI is InChI=1S/C22H27NO4/c1-26-20-12-17(14-23-18-10-8-16(9-11-18)22(24)25)19(13-21(20)27-2)15-6-4-3-5-7-15/h3-7,12-13,16,18,23H,8-11,14H2,1-2H3,(H,24,25). The van der Waals surface area contributed by atoms with Gasteiger partial charge in [0.05, 0.1) is 20.1 Å². The van der Waals surface area contributed by atoms with Crippen LogP contribution in [-0.2, 0) is 11.3 Å². The average molecular weight is 369 g/mol. The van der Waals surface area contributed by atoms with Gasteiger partial charge in [0.25, 0.3) is 0 Å². The number of methoxy groups -OCH3 is 2. The molecule has 0 spiro atoms. The predicted molar refractivity (Wildman–Crippen MR) is 105 cm³/mol. The van der Waals surface area contributed by atoms with Crippen molar-refractivity contribution >= 4 is 5.97 Å². The number of hydrogen-bond acceptors (Lipinski definition) is 4. The van der Waals surface area contributed by atoms with Crippen molar-refractivity contribution in [3.8, 4) is 22.6 Å². The summed E-state index contributed by atoms with van der Waals surface area (Å²) >= 11 is 0. The van der Waals surface area contributed by atoms with Crippen molar-refractivity contribution in [3.05, 3.63) is 48.0 Å². The number of carboxylic acids is 1. The van der Waals surface area contributed by atoms with Crippen LogP contribution in [0.15, 0.2) is 42.5 Å². The van der Waals surface area contributed by atoms with Crippen molar-refractivity contribution in [2.75, 3.05) is 14.2 Å². The van der Waals surface area contributed by atoms with E-state index in [1.807, 2.05) is 30.3 Å². The van der Waals surface area contributed by atoms with Crippen LogP contribution in [0.4, 0.5) is 0 Å². The highest BCUT2D eigenvalue weighted by Crippen LogP contribution is 2.36. The van der Waals surface area contributed by atoms with Crippen molar-refractivity contribution in [2.24, 2.45) is 5.92 Å². The number of rotatable bonds is 7. The van der Waals surface area contributed by atoms with Gasteiger partial charge in [-0.3, -0.25) is 4.79 Å². The molecule has 0 bridgehead atoms. The quantitative estimate of drug-likeness (QED) is 0.769. The summed E-state index contributed by atoms with van der Waals surface area (Å²) in [6, 6.07) is 14.6. The number of benzene rings is 2. The van der Waals surface area contributed by atoms with Crippen LogP contribution in [0.1, 0.15) is 31.2 Å². The smallest absolute Gasteiger partial charge is 0.306 e. The lowest BCUT2D eigenvalue weighted by atomic mass is 9.86. The lowest BCUT2D eigenvalue weighted by molar-refractivity contribution is -0.142. The van der Waals surface area contributed by atoms with Gasteiger partial charge in [-0.25, -0.2) is 0 Å². The molecule has 3 rings (SSSR count). The first-order valence-corrected chi connectivity index (χ1v) is 9.39. The van der Waals surface area contributed by atoms with Crippen LogP contribution in [0.2, 0.25) is 0 Å². The molecule has 0 heterocycles. The maximum atomic E-state index is 11.1. The Kier molecular flexibility index (Phi) is 6.35. The Bertz CT molecular complexity index is 767. The summed E-state index contributed by atoms with van der Waals surface area (Å²) < 4.78 is 11.0. The fourth-order valence-electron chi connectivity index (χ4n) is 3.75. The fourth-order valence-corrected chi connectivity index (χ4v) is 3.75. The van der Waals surface area contributed by atoms with E-state index in [0.717, 1.165) is 42.4 Å². The number of aliphatic carboxylic acids is 1. The number of hydrogen-bond donors (Lipinski definition) is 2. The highest BCUT2D eigenvalue weighted by Gasteiger charge is 2.25. The van der Waals surface area contributed by atoms with Crippen LogP contribution in [0.5, 0.6) is 11.5 Å². The molecular weight excluding hydrogens is 342 g/mol. The molecule has 5 heteroatoms. The second-order valence-electron chi connectivity index (χ2n) is 7.00. The first kappa shape index (κ1) is 19.2. The van der Waals surface area contributed by atoms with Crippen LogP contribution < -0.4 is 14.8 Å². The monoisotopic (exact) mass is 369 g/mol. The van der Waals surface area contributed by atoms with Crippen LogP contribution >= 0.6 is 0 Å². The third-order valence-electron chi connectivity index (χ3n) is 5.35. The summed E-state index contributed by atoms with van der Waals surface area (Å²) in [5.74, 6) is 0.564. The average Bonchev–Trinajstić information content (AvgIpc) is 2.72. The second kappa shape index (κ2) is 8.91. The van der Waals surface area contributed by atoms with E-state index in [4.69, 9.17) is 14.6 Å². The molecule has 27 heavy (non-hydrogen) atoms. The zero-order valence-corrected chi connectivity index (χ0v) is 15.9. The van der Waals surface area contributed by atoms with E-state index in [-0.39, 0.29) is 5.92 Å². The van der Waals surface area contributed by atoms with Gasteiger partial charge in [0.2, 0.25) is 0 Å². The van der Waals surface area contributed by atoms with E-state index in [1.54, 1.807) is 14.2 Å². The molecule has 0 saturated heterocycles. The number of ether oxygens (including phenoxy) is 2. The number of nitrogens with one attached hydrogen (secondary N) is 1. The van der Waals surface area contributed by atoms with Gasteiger partial charge >= 0.3 is 5.97 Å². The molecule has 1 fully saturated rings. The molecule has 0 radical (unpaired) electrons. The van der Waals surface area contributed by atoms with Crippen molar-refractivity contribution < 1.29 is 19.4 Å². The fraction of sp³-hybridized carbons (Fsp3) is 0.409. The third kappa shape index (κ3) is 4.61. The van der Waals surface area contributed by atoms with E-state index in [0.29, 0.717) is 24.1 Å². The van der Waals surface area contributed by atoms with E-state index >= 15 is 0 Å². The summed E-state index contributed by atoms with van der Waals surface area (Å²) in [7, 11) is 3.29. The Balaban J connectivity index is 1.78. The van der Waals surface area contributed by atoms with Crippen molar-refractivity contribution in [1.29, 1.82) is 0 Å². The molecule has 0 unspecified atom stereocenters. The molecule has 144 valence electrons. The molecule has 1 aliphatic rings. The van der Waals surface area contributed by atoms with E-state index in [2.05, 4.69) is 17.4 Å². The molecule has 1 aliphatic carbocycles. The van der Waals surface area contributed by atoms with Crippen molar-refractivity contribution in [2.45, 2.75) is 38.3 Å². The predicted octanol–water partition coefficient (Wildman–Crippen LogP) is 4.10. The summed E-state index contributed by atoms with van der Waals surface area (Å²) in [6.45, 7) is 0.701. The van der Waals surface area contributed by atoms with E-state index < -0.39 is 5.97 Å². The molecular formula is C22H27NO4. The molecule has 2 N–H and O–H groups in total. The van der Waals surface area contributed by atoms with Gasteiger partial charge < -0.3 is 19.9 Å². The minimum Gasteiger partial charge on any atom is -0.493 e. The van der Waals surface area contributed by atoms with Crippen LogP contribution in [0.25, 0.3) is 11.1 Å². The zero-order chi connectivity index (χ0) is 19.2. The molecule has 1 saturated carbocycles. The van der Waals surface area contributed by atoms with Gasteiger partial charge in [-0.05, 0) is 54.5 Å². The second-order valence-corrected chi connectivity index (χ2v) is 7.00. The minimum absolute atomic E-state index is 0.191. The van der Waals surface area contributed by atoms with Gasteiger partial charge in [-0.2, -0.15) is 0 Å². The van der Waals surface area contributed by atoms with Gasteiger partial charge in [-0.15, -0.1) is 0 Å². The lowest BCUT2D eigenvalue weighted by Gasteiger charge is -2.27. The van der Waals surface area contributed by atoms with Crippen LogP contribution in [0.3, 0.4) is 0 Å². The lowest BCUT2D eigenvalue weighted by Crippen LogP contribution is -2.34. The number of carboxylic acid groups (broad SMARTS) is 1. The topological polar surface area (TPSA) is 67.8 Å². The van der Waals surface area contributed by atoms with Gasteiger partial charge in [0.15, 0.2) is 11.5 Å². The zero-order valence-electron chi connectivity index (χ0n) is 15.9. The Morgan fingerprint density at radius 1 is 1.04 bits per heavy atom. The molecule has 0 aromatic heterocycles. The molecule has 2 aromatic carbocycles. The molecule has 2 aromatic rings. The normalized spacial score (nSPS) is 19.5. The first-order chi connectivity index (χ1) is 13.1. The van der Waals surface area contributed by atoms with Gasteiger partial charge in [-0.1, -0.05) is 30.3 Å². The maximum absolute atomic E-state index is 11.1. The summed E-state index contributed by atoms with van der Waals surface area (Å²) in [5.41, 5.74) is 3.38. The molecule has 0 atom stereocenters. The first-order valence-electron chi connectivity index (χ1n) is 9.39. The van der Waals surface area contributed by atoms with Crippen molar-refractivity contribution in [1.82, 2.24) is 5.32 Å². The Labute approximate surface area is 160 Å². The largest absolute Gasteiger partial charge is 0.493 e. The van der Waals surface area contributed by atoms with Crippen LogP contribution in [0, 0.1) is 5.92 Å². The highest BCUT2D eigenvalue weighted by atomic mass is 16.5. The molecule has 0 aliphatic heterocycles. The van der Waals surface area contributed by atoms with E-state index in [1.165, 1.54) is 0 Å². The summed E-state index contributed by atoms with van der Waals surface area (Å²) in [6.07, 6.45) is 3.27. The number of carbonyl (C=O) groups is 1.